The van der Waals surface area contributed by atoms with Crippen LogP contribution in [0.15, 0.2) is 40.5 Å². The highest BCUT2D eigenvalue weighted by molar-refractivity contribution is 7.17. The zero-order valence-electron chi connectivity index (χ0n) is 14.5. The van der Waals surface area contributed by atoms with Gasteiger partial charge in [-0.1, -0.05) is 18.2 Å². The standard InChI is InChI=1S/C19H18N4O2S/c1-11-13(12-5-3-4-6-14(12)20-11)9-17(24)23(2)10-16-21-15-7-8-26-18(15)19(25)22-16/h3-8,20H,9-10H2,1-2H3,(H,21,22,25). The molecule has 0 spiro atoms. The monoisotopic (exact) mass is 366 g/mol. The summed E-state index contributed by atoms with van der Waals surface area (Å²) < 4.78 is 0.608. The highest BCUT2D eigenvalue weighted by Crippen LogP contribution is 2.23. The molecule has 0 unspecified atom stereocenters. The van der Waals surface area contributed by atoms with Gasteiger partial charge in [-0.2, -0.15) is 0 Å². The van der Waals surface area contributed by atoms with Crippen LogP contribution in [0.1, 0.15) is 17.1 Å². The summed E-state index contributed by atoms with van der Waals surface area (Å²) in [4.78, 5) is 36.9. The van der Waals surface area contributed by atoms with E-state index in [9.17, 15) is 9.59 Å². The molecule has 3 aromatic heterocycles. The Morgan fingerprint density at radius 3 is 2.88 bits per heavy atom. The van der Waals surface area contributed by atoms with Crippen molar-refractivity contribution in [3.63, 3.8) is 0 Å². The van der Waals surface area contributed by atoms with Crippen molar-refractivity contribution in [2.24, 2.45) is 0 Å². The Kier molecular flexibility index (Phi) is 4.08. The van der Waals surface area contributed by atoms with Crippen molar-refractivity contribution in [2.75, 3.05) is 7.05 Å². The lowest BCUT2D eigenvalue weighted by Gasteiger charge is -2.16. The molecule has 0 aliphatic rings. The average molecular weight is 366 g/mol. The molecule has 0 saturated carbocycles. The van der Waals surface area contributed by atoms with Crippen molar-refractivity contribution >= 4 is 38.4 Å². The first-order chi connectivity index (χ1) is 12.5. The van der Waals surface area contributed by atoms with Crippen LogP contribution in [0.25, 0.3) is 21.1 Å². The molecule has 1 amide bonds. The van der Waals surface area contributed by atoms with Gasteiger partial charge in [-0.05, 0) is 30.0 Å². The van der Waals surface area contributed by atoms with E-state index in [1.54, 1.807) is 11.9 Å². The van der Waals surface area contributed by atoms with E-state index in [0.29, 0.717) is 22.5 Å². The summed E-state index contributed by atoms with van der Waals surface area (Å²) in [5, 5.41) is 2.91. The summed E-state index contributed by atoms with van der Waals surface area (Å²) in [5.41, 5.74) is 3.55. The number of fused-ring (bicyclic) bond motifs is 2. The maximum Gasteiger partial charge on any atom is 0.268 e. The van der Waals surface area contributed by atoms with Gasteiger partial charge >= 0.3 is 0 Å². The van der Waals surface area contributed by atoms with Crippen molar-refractivity contribution in [2.45, 2.75) is 19.9 Å². The summed E-state index contributed by atoms with van der Waals surface area (Å²) >= 11 is 1.36. The molecule has 2 N–H and O–H groups in total. The largest absolute Gasteiger partial charge is 0.358 e. The molecular weight excluding hydrogens is 348 g/mol. The molecule has 26 heavy (non-hydrogen) atoms. The Balaban J connectivity index is 1.55. The number of H-pyrrole nitrogens is 2. The fourth-order valence-electron chi connectivity index (χ4n) is 3.16. The van der Waals surface area contributed by atoms with Crippen LogP contribution >= 0.6 is 11.3 Å². The summed E-state index contributed by atoms with van der Waals surface area (Å²) in [6, 6.07) is 9.78. The zero-order chi connectivity index (χ0) is 18.3. The van der Waals surface area contributed by atoms with Crippen LogP contribution in [0.3, 0.4) is 0 Å². The third-order valence-corrected chi connectivity index (χ3v) is 5.43. The number of carbonyl (C=O) groups is 1. The lowest BCUT2D eigenvalue weighted by Crippen LogP contribution is -2.29. The van der Waals surface area contributed by atoms with Crippen LogP contribution in [0, 0.1) is 6.92 Å². The molecule has 0 aliphatic heterocycles. The zero-order valence-corrected chi connectivity index (χ0v) is 15.3. The molecule has 7 heteroatoms. The molecule has 0 atom stereocenters. The third kappa shape index (κ3) is 2.90. The molecule has 0 aliphatic carbocycles. The lowest BCUT2D eigenvalue weighted by molar-refractivity contribution is -0.129. The molecule has 4 aromatic rings. The Hall–Kier alpha value is -2.93. The maximum atomic E-state index is 12.7. The normalized spacial score (nSPS) is 11.3. The maximum absolute atomic E-state index is 12.7. The minimum Gasteiger partial charge on any atom is -0.358 e. The third-order valence-electron chi connectivity index (χ3n) is 4.53. The second-order valence-electron chi connectivity index (χ2n) is 6.35. The van der Waals surface area contributed by atoms with Crippen LogP contribution in [0.5, 0.6) is 0 Å². The molecule has 1 aromatic carbocycles. The first-order valence-electron chi connectivity index (χ1n) is 8.29. The van der Waals surface area contributed by atoms with Crippen molar-refractivity contribution in [3.05, 3.63) is 63.1 Å². The van der Waals surface area contributed by atoms with Gasteiger partial charge in [0.15, 0.2) is 0 Å². The Morgan fingerprint density at radius 1 is 1.23 bits per heavy atom. The van der Waals surface area contributed by atoms with Gasteiger partial charge < -0.3 is 14.9 Å². The summed E-state index contributed by atoms with van der Waals surface area (Å²) in [5.74, 6) is 0.471. The highest BCUT2D eigenvalue weighted by atomic mass is 32.1. The number of aromatic amines is 2. The fourth-order valence-corrected chi connectivity index (χ4v) is 3.88. The number of para-hydroxylation sites is 1. The van der Waals surface area contributed by atoms with Gasteiger partial charge in [0, 0.05) is 23.6 Å². The minimum atomic E-state index is -0.159. The number of amides is 1. The lowest BCUT2D eigenvalue weighted by atomic mass is 10.1. The van der Waals surface area contributed by atoms with Gasteiger partial charge in [0.1, 0.15) is 10.5 Å². The van der Waals surface area contributed by atoms with E-state index in [2.05, 4.69) is 15.0 Å². The molecule has 0 fully saturated rings. The number of rotatable bonds is 4. The molecular formula is C19H18N4O2S. The predicted octanol–water partition coefficient (Wildman–Crippen LogP) is 2.98. The van der Waals surface area contributed by atoms with Gasteiger partial charge in [-0.25, -0.2) is 4.98 Å². The van der Waals surface area contributed by atoms with Gasteiger partial charge in [0.05, 0.1) is 18.5 Å². The second-order valence-corrected chi connectivity index (χ2v) is 7.26. The molecule has 0 radical (unpaired) electrons. The van der Waals surface area contributed by atoms with E-state index in [1.165, 1.54) is 11.3 Å². The molecule has 132 valence electrons. The number of benzene rings is 1. The second kappa shape index (κ2) is 6.42. The summed E-state index contributed by atoms with van der Waals surface area (Å²) in [6.45, 7) is 2.24. The first kappa shape index (κ1) is 16.5. The van der Waals surface area contributed by atoms with Crippen LogP contribution in [-0.4, -0.2) is 32.8 Å². The average Bonchev–Trinajstić information content (AvgIpc) is 3.20. The Morgan fingerprint density at radius 2 is 2.04 bits per heavy atom. The van der Waals surface area contributed by atoms with E-state index in [-0.39, 0.29) is 18.0 Å². The molecule has 6 nitrogen and oxygen atoms in total. The van der Waals surface area contributed by atoms with Gasteiger partial charge in [0.25, 0.3) is 5.56 Å². The number of nitrogens with zero attached hydrogens (tertiary/aromatic N) is 2. The summed E-state index contributed by atoms with van der Waals surface area (Å²) in [7, 11) is 1.73. The Bertz CT molecular complexity index is 1170. The minimum absolute atomic E-state index is 0.0223. The molecule has 0 saturated heterocycles. The van der Waals surface area contributed by atoms with E-state index < -0.39 is 0 Å². The predicted molar refractivity (Wildman–Crippen MR) is 103 cm³/mol. The number of thiophene rings is 1. The van der Waals surface area contributed by atoms with Gasteiger partial charge in [0.2, 0.25) is 5.91 Å². The van der Waals surface area contributed by atoms with Crippen LogP contribution in [0.4, 0.5) is 0 Å². The van der Waals surface area contributed by atoms with E-state index in [0.717, 1.165) is 22.2 Å². The quantitative estimate of drug-likeness (QED) is 0.582. The fraction of sp³-hybridized carbons (Fsp3) is 0.211. The number of likely N-dealkylation sites (N-methyl/N-ethyl adjacent to an activating group) is 1. The molecule has 0 bridgehead atoms. The molecule has 3 heterocycles. The SMILES string of the molecule is Cc1[nH]c2ccccc2c1CC(=O)N(C)Cc1nc2ccsc2c(=O)[nH]1. The van der Waals surface area contributed by atoms with Gasteiger partial charge in [-0.3, -0.25) is 9.59 Å². The van der Waals surface area contributed by atoms with Crippen LogP contribution < -0.4 is 5.56 Å². The van der Waals surface area contributed by atoms with Crippen molar-refractivity contribution in [1.29, 1.82) is 0 Å². The highest BCUT2D eigenvalue weighted by Gasteiger charge is 2.16. The topological polar surface area (TPSA) is 81.8 Å². The first-order valence-corrected chi connectivity index (χ1v) is 9.17. The number of aryl methyl sites for hydroxylation is 1. The molecule has 4 rings (SSSR count). The van der Waals surface area contributed by atoms with E-state index in [4.69, 9.17) is 0 Å². The number of nitrogens with one attached hydrogen (secondary N) is 2. The smallest absolute Gasteiger partial charge is 0.268 e. The van der Waals surface area contributed by atoms with E-state index in [1.807, 2.05) is 42.6 Å². The van der Waals surface area contributed by atoms with E-state index >= 15 is 0 Å². The van der Waals surface area contributed by atoms with Crippen molar-refractivity contribution in [1.82, 2.24) is 19.9 Å². The number of aromatic nitrogens is 3. The van der Waals surface area contributed by atoms with Crippen molar-refractivity contribution < 1.29 is 4.79 Å². The Labute approximate surface area is 153 Å². The summed E-state index contributed by atoms with van der Waals surface area (Å²) in [6.07, 6.45) is 0.303. The number of carbonyl (C=O) groups excluding carboxylic acids is 1. The number of hydrogen-bond acceptors (Lipinski definition) is 4. The van der Waals surface area contributed by atoms with Crippen LogP contribution in [0.2, 0.25) is 0 Å². The number of hydrogen-bond donors (Lipinski definition) is 2. The van der Waals surface area contributed by atoms with Crippen LogP contribution in [-0.2, 0) is 17.8 Å². The van der Waals surface area contributed by atoms with Crippen molar-refractivity contribution in [3.8, 4) is 0 Å². The van der Waals surface area contributed by atoms with Gasteiger partial charge in [-0.15, -0.1) is 11.3 Å².